The van der Waals surface area contributed by atoms with Gasteiger partial charge in [-0.25, -0.2) is 4.68 Å². The number of halogens is 3. The maximum absolute atomic E-state index is 13.4. The van der Waals surface area contributed by atoms with Crippen LogP contribution < -0.4 is 10.1 Å². The number of rotatable bonds is 3. The van der Waals surface area contributed by atoms with Gasteiger partial charge in [-0.2, -0.15) is 18.3 Å². The second-order valence-corrected chi connectivity index (χ2v) is 6.01. The predicted molar refractivity (Wildman–Crippen MR) is 92.7 cm³/mol. The normalized spacial score (nSPS) is 13.4. The number of anilines is 1. The third kappa shape index (κ3) is 2.69. The van der Waals surface area contributed by atoms with Crippen LogP contribution in [0.3, 0.4) is 0 Å². The van der Waals surface area contributed by atoms with E-state index < -0.39 is 11.7 Å². The predicted octanol–water partition coefficient (Wildman–Crippen LogP) is 4.53. The number of aromatic nitrogens is 2. The first-order valence-corrected chi connectivity index (χ1v) is 8.16. The van der Waals surface area contributed by atoms with Gasteiger partial charge in [-0.3, -0.25) is 0 Å². The van der Waals surface area contributed by atoms with Crippen molar-refractivity contribution in [1.29, 1.82) is 0 Å². The molecule has 2 heterocycles. The molecule has 0 saturated heterocycles. The molecule has 0 spiro atoms. The first kappa shape index (κ1) is 16.5. The van der Waals surface area contributed by atoms with Crippen LogP contribution in [-0.4, -0.2) is 23.4 Å². The molecule has 7 heteroatoms. The molecule has 0 amide bonds. The third-order valence-electron chi connectivity index (χ3n) is 4.43. The molecular formula is C19H16F3N3O. The number of nitrogens with one attached hydrogen (secondary N) is 1. The molecule has 0 bridgehead atoms. The molecule has 0 radical (unpaired) electrons. The summed E-state index contributed by atoms with van der Waals surface area (Å²) in [6.07, 6.45) is -3.75. The molecule has 2 aromatic carbocycles. The largest absolute Gasteiger partial charge is 0.497 e. The summed E-state index contributed by atoms with van der Waals surface area (Å²) in [5.74, 6) is 1.28. The molecule has 134 valence electrons. The minimum atomic E-state index is -4.45. The van der Waals surface area contributed by atoms with E-state index in [0.717, 1.165) is 17.2 Å². The van der Waals surface area contributed by atoms with Crippen molar-refractivity contribution >= 4 is 5.82 Å². The van der Waals surface area contributed by atoms with Gasteiger partial charge in [0.15, 0.2) is 0 Å². The highest BCUT2D eigenvalue weighted by molar-refractivity contribution is 5.74. The van der Waals surface area contributed by atoms with Crippen molar-refractivity contribution in [1.82, 2.24) is 9.78 Å². The Morgan fingerprint density at radius 2 is 1.92 bits per heavy atom. The van der Waals surface area contributed by atoms with Crippen LogP contribution >= 0.6 is 0 Å². The molecule has 1 aliphatic heterocycles. The molecule has 4 rings (SSSR count). The maximum Gasteiger partial charge on any atom is 0.418 e. The van der Waals surface area contributed by atoms with E-state index in [2.05, 4.69) is 10.4 Å². The fourth-order valence-electron chi connectivity index (χ4n) is 3.25. The fourth-order valence-corrected chi connectivity index (χ4v) is 3.25. The number of ether oxygens (including phenoxy) is 1. The number of hydrogen-bond donors (Lipinski definition) is 1. The molecule has 1 aliphatic rings. The van der Waals surface area contributed by atoms with Gasteiger partial charge in [0, 0.05) is 17.7 Å². The van der Waals surface area contributed by atoms with Crippen molar-refractivity contribution in [2.24, 2.45) is 0 Å². The van der Waals surface area contributed by atoms with Gasteiger partial charge in [-0.05, 0) is 30.7 Å². The summed E-state index contributed by atoms with van der Waals surface area (Å²) < 4.78 is 46.9. The van der Waals surface area contributed by atoms with Gasteiger partial charge in [0.2, 0.25) is 0 Å². The molecule has 4 nitrogen and oxygen atoms in total. The van der Waals surface area contributed by atoms with E-state index in [-0.39, 0.29) is 5.69 Å². The first-order chi connectivity index (χ1) is 12.5. The maximum atomic E-state index is 13.4. The summed E-state index contributed by atoms with van der Waals surface area (Å²) in [6, 6.07) is 12.8. The number of alkyl halides is 3. The van der Waals surface area contributed by atoms with Gasteiger partial charge in [-0.15, -0.1) is 0 Å². The first-order valence-electron chi connectivity index (χ1n) is 8.16. The Kier molecular flexibility index (Phi) is 3.86. The van der Waals surface area contributed by atoms with Gasteiger partial charge < -0.3 is 10.1 Å². The van der Waals surface area contributed by atoms with Crippen molar-refractivity contribution in [3.05, 3.63) is 59.7 Å². The van der Waals surface area contributed by atoms with Crippen molar-refractivity contribution in [3.8, 4) is 22.7 Å². The number of fused-ring (bicyclic) bond motifs is 1. The monoisotopic (exact) mass is 359 g/mol. The van der Waals surface area contributed by atoms with Gasteiger partial charge >= 0.3 is 6.18 Å². The lowest BCUT2D eigenvalue weighted by Crippen LogP contribution is -2.13. The molecular weight excluding hydrogens is 343 g/mol. The second kappa shape index (κ2) is 6.09. The Bertz CT molecular complexity index is 963. The van der Waals surface area contributed by atoms with Crippen LogP contribution in [-0.2, 0) is 12.6 Å². The Balaban J connectivity index is 1.91. The summed E-state index contributed by atoms with van der Waals surface area (Å²) in [4.78, 5) is 0. The Morgan fingerprint density at radius 3 is 2.69 bits per heavy atom. The fraction of sp³-hybridized carbons (Fsp3) is 0.211. The van der Waals surface area contributed by atoms with Gasteiger partial charge in [0.1, 0.15) is 11.6 Å². The number of methoxy groups -OCH3 is 1. The highest BCUT2D eigenvalue weighted by Crippen LogP contribution is 2.39. The standard InChI is InChI=1S/C19H16F3N3O/c1-26-13-6-4-5-12(11-13)17-14-9-10-23-18(14)25(24-17)16-8-3-2-7-15(16)19(20,21)22/h2-8,11,23H,9-10H2,1H3. The van der Waals surface area contributed by atoms with Crippen LogP contribution in [0.25, 0.3) is 16.9 Å². The van der Waals surface area contributed by atoms with Crippen LogP contribution in [0.4, 0.5) is 19.0 Å². The average Bonchev–Trinajstić information content (AvgIpc) is 3.23. The zero-order valence-corrected chi connectivity index (χ0v) is 14.0. The Hall–Kier alpha value is -2.96. The number of hydrogen-bond acceptors (Lipinski definition) is 3. The smallest absolute Gasteiger partial charge is 0.418 e. The summed E-state index contributed by atoms with van der Waals surface area (Å²) in [5.41, 5.74) is 1.69. The van der Waals surface area contributed by atoms with E-state index in [1.54, 1.807) is 13.2 Å². The lowest BCUT2D eigenvalue weighted by Gasteiger charge is -2.14. The van der Waals surface area contributed by atoms with E-state index >= 15 is 0 Å². The zero-order chi connectivity index (χ0) is 18.3. The average molecular weight is 359 g/mol. The van der Waals surface area contributed by atoms with E-state index in [9.17, 15) is 13.2 Å². The highest BCUT2D eigenvalue weighted by atomic mass is 19.4. The SMILES string of the molecule is COc1cccc(-c2nn(-c3ccccc3C(F)(F)F)c3c2CCN3)c1. The minimum absolute atomic E-state index is 0.0137. The van der Waals surface area contributed by atoms with Crippen molar-refractivity contribution in [2.45, 2.75) is 12.6 Å². The molecule has 0 saturated carbocycles. The van der Waals surface area contributed by atoms with Crippen LogP contribution in [0, 0.1) is 0 Å². The number of benzene rings is 2. The summed E-state index contributed by atoms with van der Waals surface area (Å²) >= 11 is 0. The van der Waals surface area contributed by atoms with E-state index in [1.807, 2.05) is 24.3 Å². The molecule has 26 heavy (non-hydrogen) atoms. The number of para-hydroxylation sites is 1. The van der Waals surface area contributed by atoms with Gasteiger partial charge in [0.05, 0.1) is 24.1 Å². The summed E-state index contributed by atoms with van der Waals surface area (Å²) in [5, 5.41) is 7.69. The van der Waals surface area contributed by atoms with E-state index in [0.29, 0.717) is 30.2 Å². The van der Waals surface area contributed by atoms with Crippen molar-refractivity contribution < 1.29 is 17.9 Å². The molecule has 0 unspecified atom stereocenters. The molecule has 0 aliphatic carbocycles. The van der Waals surface area contributed by atoms with Crippen LogP contribution in [0.2, 0.25) is 0 Å². The molecule has 1 N–H and O–H groups in total. The quantitative estimate of drug-likeness (QED) is 0.747. The zero-order valence-electron chi connectivity index (χ0n) is 14.0. The molecule has 0 atom stereocenters. The van der Waals surface area contributed by atoms with Crippen molar-refractivity contribution in [3.63, 3.8) is 0 Å². The van der Waals surface area contributed by atoms with Crippen LogP contribution in [0.15, 0.2) is 48.5 Å². The second-order valence-electron chi connectivity index (χ2n) is 6.01. The van der Waals surface area contributed by atoms with Crippen LogP contribution in [0.5, 0.6) is 5.75 Å². The number of nitrogens with zero attached hydrogens (tertiary/aromatic N) is 2. The summed E-state index contributed by atoms with van der Waals surface area (Å²) in [6.45, 7) is 0.665. The van der Waals surface area contributed by atoms with Crippen LogP contribution in [0.1, 0.15) is 11.1 Å². The van der Waals surface area contributed by atoms with Gasteiger partial charge in [-0.1, -0.05) is 24.3 Å². The van der Waals surface area contributed by atoms with Gasteiger partial charge in [0.25, 0.3) is 0 Å². The Labute approximate surface area is 148 Å². The highest BCUT2D eigenvalue weighted by Gasteiger charge is 2.35. The Morgan fingerprint density at radius 1 is 1.12 bits per heavy atom. The van der Waals surface area contributed by atoms with E-state index in [1.165, 1.54) is 16.8 Å². The summed E-state index contributed by atoms with van der Waals surface area (Å²) in [7, 11) is 1.57. The third-order valence-corrected chi connectivity index (χ3v) is 4.43. The minimum Gasteiger partial charge on any atom is -0.497 e. The molecule has 0 fully saturated rings. The lowest BCUT2D eigenvalue weighted by molar-refractivity contribution is -0.137. The topological polar surface area (TPSA) is 39.1 Å². The van der Waals surface area contributed by atoms with Crippen molar-refractivity contribution in [2.75, 3.05) is 19.0 Å². The lowest BCUT2D eigenvalue weighted by atomic mass is 10.1. The molecule has 3 aromatic rings. The van der Waals surface area contributed by atoms with E-state index in [4.69, 9.17) is 4.74 Å². The molecule has 1 aromatic heterocycles.